The van der Waals surface area contributed by atoms with Gasteiger partial charge >= 0.3 is 6.18 Å². The van der Waals surface area contributed by atoms with E-state index in [4.69, 9.17) is 5.73 Å². The van der Waals surface area contributed by atoms with Gasteiger partial charge in [0, 0.05) is 6.54 Å². The highest BCUT2D eigenvalue weighted by molar-refractivity contribution is 5.19. The van der Waals surface area contributed by atoms with Gasteiger partial charge in [0.1, 0.15) is 11.5 Å². The number of benzene rings is 1. The van der Waals surface area contributed by atoms with Gasteiger partial charge in [-0.2, -0.15) is 13.2 Å². The molecule has 4 nitrogen and oxygen atoms in total. The van der Waals surface area contributed by atoms with E-state index in [0.29, 0.717) is 10.2 Å². The van der Waals surface area contributed by atoms with E-state index in [9.17, 15) is 17.6 Å². The molecule has 19 heavy (non-hydrogen) atoms. The number of halogens is 4. The molecule has 2 rings (SSSR count). The summed E-state index contributed by atoms with van der Waals surface area (Å²) in [4.78, 5) is 0. The van der Waals surface area contributed by atoms with Crippen LogP contribution in [0.25, 0.3) is 0 Å². The van der Waals surface area contributed by atoms with Crippen molar-refractivity contribution in [3.63, 3.8) is 0 Å². The molecule has 0 aliphatic rings. The topological polar surface area (TPSA) is 56.7 Å². The molecule has 0 bridgehead atoms. The Morgan fingerprint density at radius 2 is 2.00 bits per heavy atom. The van der Waals surface area contributed by atoms with E-state index in [1.54, 1.807) is 0 Å². The molecule has 2 aromatic rings. The van der Waals surface area contributed by atoms with E-state index < -0.39 is 17.7 Å². The molecule has 0 amide bonds. The third-order valence-corrected chi connectivity index (χ3v) is 2.49. The Bertz CT molecular complexity index is 576. The first-order valence-electron chi connectivity index (χ1n) is 5.36. The zero-order valence-electron chi connectivity index (χ0n) is 9.65. The fraction of sp³-hybridized carbons (Fsp3) is 0.273. The Hall–Kier alpha value is -1.96. The van der Waals surface area contributed by atoms with E-state index in [1.165, 1.54) is 18.2 Å². The average Bonchev–Trinajstić information content (AvgIpc) is 2.71. The number of aromatic nitrogens is 3. The third-order valence-electron chi connectivity index (χ3n) is 2.49. The average molecular weight is 274 g/mol. The van der Waals surface area contributed by atoms with Crippen LogP contribution in [0.15, 0.2) is 24.3 Å². The first-order valence-corrected chi connectivity index (χ1v) is 5.36. The summed E-state index contributed by atoms with van der Waals surface area (Å²) in [6, 6.07) is 5.27. The van der Waals surface area contributed by atoms with Crippen LogP contribution in [0.2, 0.25) is 0 Å². The second kappa shape index (κ2) is 4.96. The van der Waals surface area contributed by atoms with Gasteiger partial charge in [-0.3, -0.25) is 0 Å². The lowest BCUT2D eigenvalue weighted by molar-refractivity contribution is -0.144. The maximum atomic E-state index is 13.0. The highest BCUT2D eigenvalue weighted by Crippen LogP contribution is 2.31. The number of hydrogen-bond acceptors (Lipinski definition) is 3. The lowest BCUT2D eigenvalue weighted by atomic mass is 10.2. The maximum Gasteiger partial charge on any atom is 0.434 e. The normalized spacial score (nSPS) is 11.8. The second-order valence-electron chi connectivity index (χ2n) is 3.87. The standard InChI is InChI=1S/C11H10F4N4/c12-8-3-1-2-7(4-8)6-19-10(11(13,14)15)9(5-16)17-18-19/h1-4H,5-6,16H2. The first kappa shape index (κ1) is 13.5. The van der Waals surface area contributed by atoms with Crippen molar-refractivity contribution in [1.82, 2.24) is 15.0 Å². The van der Waals surface area contributed by atoms with E-state index in [-0.39, 0.29) is 18.8 Å². The Morgan fingerprint density at radius 3 is 2.58 bits per heavy atom. The first-order chi connectivity index (χ1) is 8.91. The van der Waals surface area contributed by atoms with Gasteiger partial charge in [0.25, 0.3) is 0 Å². The molecule has 0 radical (unpaired) electrons. The molecule has 0 spiro atoms. The van der Waals surface area contributed by atoms with Crippen molar-refractivity contribution in [1.29, 1.82) is 0 Å². The Balaban J connectivity index is 2.38. The number of nitrogens with two attached hydrogens (primary N) is 1. The van der Waals surface area contributed by atoms with Crippen LogP contribution in [-0.4, -0.2) is 15.0 Å². The fourth-order valence-electron chi connectivity index (χ4n) is 1.72. The number of hydrogen-bond donors (Lipinski definition) is 1. The van der Waals surface area contributed by atoms with Gasteiger partial charge in [-0.05, 0) is 17.7 Å². The van der Waals surface area contributed by atoms with Crippen LogP contribution in [0.4, 0.5) is 17.6 Å². The van der Waals surface area contributed by atoms with Gasteiger partial charge in [-0.15, -0.1) is 5.10 Å². The minimum absolute atomic E-state index is 0.223. The number of alkyl halides is 3. The van der Waals surface area contributed by atoms with Gasteiger partial charge in [0.15, 0.2) is 5.69 Å². The van der Waals surface area contributed by atoms with Crippen molar-refractivity contribution in [3.05, 3.63) is 47.0 Å². The zero-order valence-corrected chi connectivity index (χ0v) is 9.65. The molecular formula is C11H10F4N4. The van der Waals surface area contributed by atoms with Crippen LogP contribution in [0.1, 0.15) is 17.0 Å². The molecule has 8 heteroatoms. The van der Waals surface area contributed by atoms with Gasteiger partial charge in [0.05, 0.1) is 6.54 Å². The second-order valence-corrected chi connectivity index (χ2v) is 3.87. The van der Waals surface area contributed by atoms with Crippen molar-refractivity contribution >= 4 is 0 Å². The van der Waals surface area contributed by atoms with Gasteiger partial charge in [-0.25, -0.2) is 9.07 Å². The summed E-state index contributed by atoms with van der Waals surface area (Å²) in [6.45, 7) is -0.586. The Kier molecular flexibility index (Phi) is 3.52. The molecule has 102 valence electrons. The fourth-order valence-corrected chi connectivity index (χ4v) is 1.72. The molecule has 1 heterocycles. The summed E-state index contributed by atoms with van der Waals surface area (Å²) in [5.74, 6) is -0.523. The van der Waals surface area contributed by atoms with Crippen LogP contribution in [0.3, 0.4) is 0 Å². The molecule has 1 aromatic carbocycles. The summed E-state index contributed by atoms with van der Waals surface area (Å²) in [5.41, 5.74) is 4.23. The third kappa shape index (κ3) is 2.90. The maximum absolute atomic E-state index is 13.0. The lowest BCUT2D eigenvalue weighted by Crippen LogP contribution is -2.18. The van der Waals surface area contributed by atoms with Crippen LogP contribution in [0, 0.1) is 5.82 Å². The number of rotatable bonds is 3. The summed E-state index contributed by atoms with van der Waals surface area (Å²) in [7, 11) is 0. The van der Waals surface area contributed by atoms with E-state index in [1.807, 2.05) is 0 Å². The van der Waals surface area contributed by atoms with E-state index >= 15 is 0 Å². The Labute approximate surface area is 105 Å². The SMILES string of the molecule is NCc1nnn(Cc2cccc(F)c2)c1C(F)(F)F. The summed E-state index contributed by atoms with van der Waals surface area (Å²) >= 11 is 0. The quantitative estimate of drug-likeness (QED) is 0.870. The van der Waals surface area contributed by atoms with Crippen molar-refractivity contribution in [2.75, 3.05) is 0 Å². The zero-order chi connectivity index (χ0) is 14.0. The smallest absolute Gasteiger partial charge is 0.325 e. The van der Waals surface area contributed by atoms with Crippen molar-refractivity contribution in [3.8, 4) is 0 Å². The van der Waals surface area contributed by atoms with Gasteiger partial charge < -0.3 is 5.73 Å². The summed E-state index contributed by atoms with van der Waals surface area (Å²) < 4.78 is 52.3. The van der Waals surface area contributed by atoms with Crippen molar-refractivity contribution in [2.24, 2.45) is 5.73 Å². The largest absolute Gasteiger partial charge is 0.434 e. The predicted octanol–water partition coefficient (Wildman–Crippen LogP) is 1.94. The highest BCUT2D eigenvalue weighted by Gasteiger charge is 2.38. The van der Waals surface area contributed by atoms with Gasteiger partial charge in [0.2, 0.25) is 0 Å². The van der Waals surface area contributed by atoms with Crippen LogP contribution in [0.5, 0.6) is 0 Å². The number of nitrogens with zero attached hydrogens (tertiary/aromatic N) is 3. The van der Waals surface area contributed by atoms with Crippen LogP contribution < -0.4 is 5.73 Å². The molecule has 0 aliphatic heterocycles. The molecule has 0 saturated heterocycles. The summed E-state index contributed by atoms with van der Waals surface area (Å²) in [6.07, 6.45) is -4.61. The van der Waals surface area contributed by atoms with Gasteiger partial charge in [-0.1, -0.05) is 17.3 Å². The summed E-state index contributed by atoms with van der Waals surface area (Å²) in [5, 5.41) is 6.82. The molecule has 2 N–H and O–H groups in total. The Morgan fingerprint density at radius 1 is 1.26 bits per heavy atom. The predicted molar refractivity (Wildman–Crippen MR) is 58.4 cm³/mol. The van der Waals surface area contributed by atoms with Crippen LogP contribution in [-0.2, 0) is 19.3 Å². The monoisotopic (exact) mass is 274 g/mol. The molecule has 0 saturated carbocycles. The van der Waals surface area contributed by atoms with E-state index in [0.717, 1.165) is 6.07 Å². The molecule has 0 fully saturated rings. The van der Waals surface area contributed by atoms with Crippen LogP contribution >= 0.6 is 0 Å². The minimum atomic E-state index is -4.61. The molecule has 0 atom stereocenters. The highest BCUT2D eigenvalue weighted by atomic mass is 19.4. The van der Waals surface area contributed by atoms with Crippen molar-refractivity contribution in [2.45, 2.75) is 19.3 Å². The minimum Gasteiger partial charge on any atom is -0.325 e. The van der Waals surface area contributed by atoms with E-state index in [2.05, 4.69) is 10.3 Å². The molecule has 0 unspecified atom stereocenters. The van der Waals surface area contributed by atoms with Crippen molar-refractivity contribution < 1.29 is 17.6 Å². The molecular weight excluding hydrogens is 264 g/mol. The lowest BCUT2D eigenvalue weighted by Gasteiger charge is -2.10. The molecule has 1 aromatic heterocycles. The molecule has 0 aliphatic carbocycles.